The molecular weight excluding hydrogens is 334 g/mol. The van der Waals surface area contributed by atoms with E-state index in [9.17, 15) is 0 Å². The van der Waals surface area contributed by atoms with Crippen molar-refractivity contribution in [3.05, 3.63) is 42.5 Å². The molecule has 0 unspecified atom stereocenters. The van der Waals surface area contributed by atoms with Crippen LogP contribution in [0.3, 0.4) is 0 Å². The van der Waals surface area contributed by atoms with E-state index in [1.807, 2.05) is 24.3 Å². The van der Waals surface area contributed by atoms with Crippen molar-refractivity contribution < 1.29 is 4.74 Å². The summed E-state index contributed by atoms with van der Waals surface area (Å²) in [4.78, 5) is 0. The minimum absolute atomic E-state index is 0.126. The standard InChI is InChI=1S/C13H12ClIO/c14-9-8-13(15)16-12-7-3-5-10-4-1-2-6-11(10)12/h1-7,13H,8-9H2/t13-/m1/s1. The molecule has 0 aliphatic carbocycles. The molecule has 0 aliphatic rings. The topological polar surface area (TPSA) is 9.23 Å². The lowest BCUT2D eigenvalue weighted by atomic mass is 10.1. The van der Waals surface area contributed by atoms with Gasteiger partial charge in [-0.05, 0) is 34.0 Å². The zero-order chi connectivity index (χ0) is 11.4. The molecule has 0 fully saturated rings. The molecule has 0 heterocycles. The van der Waals surface area contributed by atoms with Crippen LogP contribution in [-0.4, -0.2) is 9.99 Å². The van der Waals surface area contributed by atoms with Crippen LogP contribution in [0, 0.1) is 0 Å². The smallest absolute Gasteiger partial charge is 0.150 e. The van der Waals surface area contributed by atoms with Gasteiger partial charge in [-0.15, -0.1) is 11.6 Å². The first kappa shape index (κ1) is 12.0. The molecule has 84 valence electrons. The van der Waals surface area contributed by atoms with Crippen molar-refractivity contribution in [2.75, 3.05) is 5.88 Å². The van der Waals surface area contributed by atoms with Crippen LogP contribution in [-0.2, 0) is 0 Å². The Labute approximate surface area is 114 Å². The van der Waals surface area contributed by atoms with Gasteiger partial charge in [-0.25, -0.2) is 0 Å². The second-order valence-corrected chi connectivity index (χ2v) is 5.25. The molecule has 0 saturated carbocycles. The lowest BCUT2D eigenvalue weighted by Crippen LogP contribution is -2.08. The summed E-state index contributed by atoms with van der Waals surface area (Å²) in [5.41, 5.74) is 0. The molecule has 0 aromatic heterocycles. The lowest BCUT2D eigenvalue weighted by Gasteiger charge is -2.13. The predicted molar refractivity (Wildman–Crippen MR) is 77.7 cm³/mol. The summed E-state index contributed by atoms with van der Waals surface area (Å²) in [5.74, 6) is 1.56. The van der Waals surface area contributed by atoms with Gasteiger partial charge in [0, 0.05) is 17.7 Å². The largest absolute Gasteiger partial charge is 0.479 e. The Morgan fingerprint density at radius 1 is 1.12 bits per heavy atom. The molecule has 16 heavy (non-hydrogen) atoms. The second kappa shape index (κ2) is 5.73. The third kappa shape index (κ3) is 2.80. The molecule has 0 bridgehead atoms. The van der Waals surface area contributed by atoms with E-state index >= 15 is 0 Å². The average Bonchev–Trinajstić information content (AvgIpc) is 2.30. The van der Waals surface area contributed by atoms with E-state index in [0.717, 1.165) is 17.6 Å². The molecule has 0 spiro atoms. The summed E-state index contributed by atoms with van der Waals surface area (Å²) >= 11 is 7.97. The quantitative estimate of drug-likeness (QED) is 0.580. The van der Waals surface area contributed by atoms with Gasteiger partial charge in [-0.2, -0.15) is 0 Å². The van der Waals surface area contributed by atoms with Crippen molar-refractivity contribution in [2.24, 2.45) is 0 Å². The van der Waals surface area contributed by atoms with Crippen molar-refractivity contribution in [2.45, 2.75) is 10.5 Å². The zero-order valence-electron chi connectivity index (χ0n) is 8.70. The molecule has 0 saturated heterocycles. The van der Waals surface area contributed by atoms with Gasteiger partial charge in [0.25, 0.3) is 0 Å². The Balaban J connectivity index is 2.30. The minimum Gasteiger partial charge on any atom is -0.479 e. The van der Waals surface area contributed by atoms with Gasteiger partial charge in [0.2, 0.25) is 0 Å². The van der Waals surface area contributed by atoms with Gasteiger partial charge in [0.1, 0.15) is 5.75 Å². The normalized spacial score (nSPS) is 12.6. The highest BCUT2D eigenvalue weighted by Gasteiger charge is 2.07. The molecule has 2 aromatic carbocycles. The van der Waals surface area contributed by atoms with Gasteiger partial charge in [-0.1, -0.05) is 36.4 Å². The molecule has 2 aromatic rings. The summed E-state index contributed by atoms with van der Waals surface area (Å²) in [6, 6.07) is 14.3. The SMILES string of the molecule is ClCC[C@H](I)Oc1cccc2ccccc12. The number of hydrogen-bond donors (Lipinski definition) is 0. The van der Waals surface area contributed by atoms with Crippen molar-refractivity contribution in [1.82, 2.24) is 0 Å². The summed E-state index contributed by atoms with van der Waals surface area (Å²) in [6.07, 6.45) is 0.853. The molecule has 0 amide bonds. The minimum atomic E-state index is 0.126. The first-order chi connectivity index (χ1) is 7.81. The van der Waals surface area contributed by atoms with Gasteiger partial charge < -0.3 is 4.74 Å². The number of benzene rings is 2. The Hall–Kier alpha value is -0.480. The van der Waals surface area contributed by atoms with Gasteiger partial charge >= 0.3 is 0 Å². The van der Waals surface area contributed by atoms with Crippen LogP contribution in [0.4, 0.5) is 0 Å². The van der Waals surface area contributed by atoms with Gasteiger partial charge in [0.05, 0.1) is 0 Å². The van der Waals surface area contributed by atoms with Crippen LogP contribution in [0.15, 0.2) is 42.5 Å². The highest BCUT2D eigenvalue weighted by Crippen LogP contribution is 2.27. The van der Waals surface area contributed by atoms with Crippen molar-refractivity contribution >= 4 is 45.0 Å². The number of rotatable bonds is 4. The number of alkyl halides is 2. The van der Waals surface area contributed by atoms with E-state index in [4.69, 9.17) is 16.3 Å². The fourth-order valence-corrected chi connectivity index (χ4v) is 2.73. The number of fused-ring (bicyclic) bond motifs is 1. The highest BCUT2D eigenvalue weighted by atomic mass is 127. The van der Waals surface area contributed by atoms with Crippen LogP contribution >= 0.6 is 34.2 Å². The fourth-order valence-electron chi connectivity index (χ4n) is 1.58. The summed E-state index contributed by atoms with van der Waals surface area (Å²) in [5, 5.41) is 2.36. The predicted octanol–water partition coefficient (Wildman–Crippen LogP) is 4.61. The molecule has 3 heteroatoms. The Morgan fingerprint density at radius 3 is 2.69 bits per heavy atom. The van der Waals surface area contributed by atoms with E-state index in [2.05, 4.69) is 40.8 Å². The summed E-state index contributed by atoms with van der Waals surface area (Å²) < 4.78 is 6.00. The molecular formula is C13H12ClIO. The zero-order valence-corrected chi connectivity index (χ0v) is 11.6. The van der Waals surface area contributed by atoms with Crippen LogP contribution in [0.5, 0.6) is 5.75 Å². The van der Waals surface area contributed by atoms with Crippen LogP contribution in [0.25, 0.3) is 10.8 Å². The van der Waals surface area contributed by atoms with Crippen LogP contribution < -0.4 is 4.74 Å². The third-order valence-electron chi connectivity index (χ3n) is 2.34. The maximum Gasteiger partial charge on any atom is 0.150 e. The van der Waals surface area contributed by atoms with Crippen molar-refractivity contribution in [3.63, 3.8) is 0 Å². The molecule has 2 rings (SSSR count). The van der Waals surface area contributed by atoms with E-state index < -0.39 is 0 Å². The molecule has 0 aliphatic heterocycles. The van der Waals surface area contributed by atoms with E-state index in [-0.39, 0.29) is 4.11 Å². The molecule has 1 atom stereocenters. The number of ether oxygens (including phenoxy) is 1. The van der Waals surface area contributed by atoms with Crippen molar-refractivity contribution in [3.8, 4) is 5.75 Å². The number of halogens is 2. The molecule has 0 radical (unpaired) electrons. The Kier molecular flexibility index (Phi) is 4.29. The van der Waals surface area contributed by atoms with Crippen molar-refractivity contribution in [1.29, 1.82) is 0 Å². The molecule has 0 N–H and O–H groups in total. The van der Waals surface area contributed by atoms with E-state index in [1.54, 1.807) is 0 Å². The van der Waals surface area contributed by atoms with Crippen LogP contribution in [0.2, 0.25) is 0 Å². The van der Waals surface area contributed by atoms with Gasteiger partial charge in [0.15, 0.2) is 4.11 Å². The van der Waals surface area contributed by atoms with Gasteiger partial charge in [-0.3, -0.25) is 0 Å². The first-order valence-electron chi connectivity index (χ1n) is 5.15. The summed E-state index contributed by atoms with van der Waals surface area (Å²) in [6.45, 7) is 0. The fraction of sp³-hybridized carbons (Fsp3) is 0.231. The Bertz CT molecular complexity index is 467. The second-order valence-electron chi connectivity index (χ2n) is 3.48. The average molecular weight is 347 g/mol. The molecule has 1 nitrogen and oxygen atoms in total. The lowest BCUT2D eigenvalue weighted by molar-refractivity contribution is 0.303. The van der Waals surface area contributed by atoms with E-state index in [0.29, 0.717) is 5.88 Å². The maximum atomic E-state index is 5.87. The maximum absolute atomic E-state index is 5.87. The monoisotopic (exact) mass is 346 g/mol. The van der Waals surface area contributed by atoms with Crippen LogP contribution in [0.1, 0.15) is 6.42 Å². The third-order valence-corrected chi connectivity index (χ3v) is 3.44. The Morgan fingerprint density at radius 2 is 1.88 bits per heavy atom. The first-order valence-corrected chi connectivity index (χ1v) is 6.94. The number of hydrogen-bond acceptors (Lipinski definition) is 1. The summed E-state index contributed by atoms with van der Waals surface area (Å²) in [7, 11) is 0. The highest BCUT2D eigenvalue weighted by molar-refractivity contribution is 14.1. The van der Waals surface area contributed by atoms with E-state index in [1.165, 1.54) is 5.39 Å².